The summed E-state index contributed by atoms with van der Waals surface area (Å²) in [5, 5.41) is 0. The minimum atomic E-state index is 0.284. The first-order valence-electron chi connectivity index (χ1n) is 8.08. The Labute approximate surface area is 121 Å². The van der Waals surface area contributed by atoms with Gasteiger partial charge in [0.1, 0.15) is 0 Å². The molecule has 3 aliphatic carbocycles. The predicted octanol–water partition coefficient (Wildman–Crippen LogP) is 4.45. The molecule has 2 bridgehead atoms. The van der Waals surface area contributed by atoms with Crippen molar-refractivity contribution in [1.29, 1.82) is 0 Å². The molecule has 1 fully saturated rings. The highest BCUT2D eigenvalue weighted by molar-refractivity contribution is 5.99. The van der Waals surface area contributed by atoms with E-state index in [-0.39, 0.29) is 5.41 Å². The SMILES string of the molecule is CCCc1ccc2c(c1)C1(CCC2=O)CC2C=CC1C2. The number of rotatable bonds is 2. The molecule has 3 aliphatic rings. The number of allylic oxidation sites excluding steroid dienone is 2. The summed E-state index contributed by atoms with van der Waals surface area (Å²) in [6.07, 6.45) is 11.5. The van der Waals surface area contributed by atoms with Crippen LogP contribution in [0.15, 0.2) is 30.4 Å². The first-order valence-corrected chi connectivity index (χ1v) is 8.08. The van der Waals surface area contributed by atoms with Crippen molar-refractivity contribution in [1.82, 2.24) is 0 Å². The number of hydrogen-bond acceptors (Lipinski definition) is 1. The van der Waals surface area contributed by atoms with Gasteiger partial charge < -0.3 is 0 Å². The summed E-state index contributed by atoms with van der Waals surface area (Å²) in [4.78, 5) is 12.3. The largest absolute Gasteiger partial charge is 0.294 e. The molecule has 1 spiro atoms. The fraction of sp³-hybridized carbons (Fsp3) is 0.526. The first-order chi connectivity index (χ1) is 9.73. The van der Waals surface area contributed by atoms with Crippen molar-refractivity contribution in [2.45, 2.75) is 50.9 Å². The monoisotopic (exact) mass is 266 g/mol. The molecule has 1 nitrogen and oxygen atoms in total. The molecule has 3 unspecified atom stereocenters. The van der Waals surface area contributed by atoms with Gasteiger partial charge in [-0.3, -0.25) is 4.79 Å². The van der Waals surface area contributed by atoms with Crippen molar-refractivity contribution in [3.63, 3.8) is 0 Å². The predicted molar refractivity (Wildman–Crippen MR) is 81.0 cm³/mol. The fourth-order valence-electron chi connectivity index (χ4n) is 4.85. The third-order valence-corrected chi connectivity index (χ3v) is 5.77. The van der Waals surface area contributed by atoms with Crippen molar-refractivity contribution in [3.05, 3.63) is 47.0 Å². The second kappa shape index (κ2) is 4.31. The Morgan fingerprint density at radius 1 is 1.30 bits per heavy atom. The third-order valence-electron chi connectivity index (χ3n) is 5.77. The van der Waals surface area contributed by atoms with Crippen LogP contribution in [-0.4, -0.2) is 5.78 Å². The van der Waals surface area contributed by atoms with E-state index in [1.165, 1.54) is 30.4 Å². The van der Waals surface area contributed by atoms with Gasteiger partial charge in [0.05, 0.1) is 0 Å². The van der Waals surface area contributed by atoms with Gasteiger partial charge in [0, 0.05) is 17.4 Å². The van der Waals surface area contributed by atoms with Crippen LogP contribution < -0.4 is 0 Å². The van der Waals surface area contributed by atoms with E-state index in [4.69, 9.17) is 0 Å². The Kier molecular flexibility index (Phi) is 2.67. The van der Waals surface area contributed by atoms with E-state index < -0.39 is 0 Å². The minimum Gasteiger partial charge on any atom is -0.294 e. The highest BCUT2D eigenvalue weighted by Crippen LogP contribution is 2.58. The second-order valence-electron chi connectivity index (χ2n) is 6.90. The number of ketones is 1. The zero-order chi connectivity index (χ0) is 13.7. The molecule has 0 radical (unpaired) electrons. The molecule has 20 heavy (non-hydrogen) atoms. The van der Waals surface area contributed by atoms with E-state index >= 15 is 0 Å². The number of fused-ring (bicyclic) bond motifs is 5. The molecule has 0 aliphatic heterocycles. The average Bonchev–Trinajstić information content (AvgIpc) is 3.05. The summed E-state index contributed by atoms with van der Waals surface area (Å²) < 4.78 is 0. The molecule has 1 aromatic rings. The third kappa shape index (κ3) is 1.58. The van der Waals surface area contributed by atoms with Crippen molar-refractivity contribution >= 4 is 5.78 Å². The maximum Gasteiger partial charge on any atom is 0.163 e. The Bertz CT molecular complexity index is 598. The van der Waals surface area contributed by atoms with Gasteiger partial charge in [-0.05, 0) is 48.6 Å². The summed E-state index contributed by atoms with van der Waals surface area (Å²) in [5.74, 6) is 1.80. The summed E-state index contributed by atoms with van der Waals surface area (Å²) in [6, 6.07) is 6.64. The second-order valence-corrected chi connectivity index (χ2v) is 6.90. The maximum absolute atomic E-state index is 12.3. The molecule has 0 N–H and O–H groups in total. The van der Waals surface area contributed by atoms with Gasteiger partial charge >= 0.3 is 0 Å². The van der Waals surface area contributed by atoms with Crippen LogP contribution in [0.3, 0.4) is 0 Å². The highest BCUT2D eigenvalue weighted by Gasteiger charge is 2.52. The Morgan fingerprint density at radius 2 is 2.20 bits per heavy atom. The van der Waals surface area contributed by atoms with Gasteiger partial charge in [0.15, 0.2) is 5.78 Å². The van der Waals surface area contributed by atoms with E-state index in [0.29, 0.717) is 11.7 Å². The Morgan fingerprint density at radius 3 is 2.90 bits per heavy atom. The van der Waals surface area contributed by atoms with Gasteiger partial charge in [0.2, 0.25) is 0 Å². The standard InChI is InChI=1S/C19H22O/c1-2-3-13-5-7-16-17(11-13)19(9-8-18(16)20)12-14-4-6-15(19)10-14/h4-7,11,14-15H,2-3,8-10,12H2,1H3. The molecule has 4 rings (SSSR count). The van der Waals surface area contributed by atoms with Crippen LogP contribution in [0, 0.1) is 11.8 Å². The van der Waals surface area contributed by atoms with Crippen LogP contribution in [0.4, 0.5) is 0 Å². The topological polar surface area (TPSA) is 17.1 Å². The van der Waals surface area contributed by atoms with E-state index in [9.17, 15) is 4.79 Å². The fourth-order valence-corrected chi connectivity index (χ4v) is 4.85. The van der Waals surface area contributed by atoms with Gasteiger partial charge in [-0.2, -0.15) is 0 Å². The minimum absolute atomic E-state index is 0.284. The summed E-state index contributed by atoms with van der Waals surface area (Å²) in [7, 11) is 0. The summed E-state index contributed by atoms with van der Waals surface area (Å²) in [5.41, 5.74) is 4.10. The van der Waals surface area contributed by atoms with Crippen LogP contribution in [0.1, 0.15) is 60.5 Å². The molecule has 104 valence electrons. The van der Waals surface area contributed by atoms with Crippen LogP contribution in [-0.2, 0) is 11.8 Å². The zero-order valence-corrected chi connectivity index (χ0v) is 12.2. The number of Topliss-reactive ketones (excluding diaryl/α,β-unsaturated/α-hetero) is 1. The summed E-state index contributed by atoms with van der Waals surface area (Å²) >= 11 is 0. The molecule has 0 heterocycles. The maximum atomic E-state index is 12.3. The highest BCUT2D eigenvalue weighted by atomic mass is 16.1. The molecular formula is C19H22O. The first kappa shape index (κ1) is 12.4. The van der Waals surface area contributed by atoms with E-state index in [1.54, 1.807) is 0 Å². The van der Waals surface area contributed by atoms with Gasteiger partial charge in [-0.1, -0.05) is 43.7 Å². The lowest BCUT2D eigenvalue weighted by atomic mass is 9.62. The number of benzene rings is 1. The van der Waals surface area contributed by atoms with Crippen molar-refractivity contribution in [2.24, 2.45) is 11.8 Å². The normalized spacial score (nSPS) is 34.0. The molecule has 1 heteroatoms. The zero-order valence-electron chi connectivity index (χ0n) is 12.2. The molecule has 0 saturated heterocycles. The molecule has 1 aromatic carbocycles. The molecule has 0 amide bonds. The van der Waals surface area contributed by atoms with Crippen molar-refractivity contribution in [2.75, 3.05) is 0 Å². The number of aryl methyl sites for hydroxylation is 1. The smallest absolute Gasteiger partial charge is 0.163 e. The lowest BCUT2D eigenvalue weighted by Crippen LogP contribution is -2.37. The summed E-state index contributed by atoms with van der Waals surface area (Å²) in [6.45, 7) is 2.22. The molecule has 0 aromatic heterocycles. The van der Waals surface area contributed by atoms with Crippen LogP contribution in [0.25, 0.3) is 0 Å². The Balaban J connectivity index is 1.85. The molecule has 1 saturated carbocycles. The lowest BCUT2D eigenvalue weighted by Gasteiger charge is -2.40. The van der Waals surface area contributed by atoms with Crippen molar-refractivity contribution < 1.29 is 4.79 Å². The van der Waals surface area contributed by atoms with Gasteiger partial charge in [-0.25, -0.2) is 0 Å². The molecule has 3 atom stereocenters. The number of carbonyl (C=O) groups is 1. The van der Waals surface area contributed by atoms with Gasteiger partial charge in [0.25, 0.3) is 0 Å². The molecular weight excluding hydrogens is 244 g/mol. The van der Waals surface area contributed by atoms with Crippen LogP contribution in [0.5, 0.6) is 0 Å². The quantitative estimate of drug-likeness (QED) is 0.723. The van der Waals surface area contributed by atoms with E-state index in [1.807, 2.05) is 0 Å². The lowest BCUT2D eigenvalue weighted by molar-refractivity contribution is 0.0944. The van der Waals surface area contributed by atoms with E-state index in [0.717, 1.165) is 30.7 Å². The van der Waals surface area contributed by atoms with E-state index in [2.05, 4.69) is 37.3 Å². The average molecular weight is 266 g/mol. The van der Waals surface area contributed by atoms with Crippen LogP contribution in [0.2, 0.25) is 0 Å². The van der Waals surface area contributed by atoms with Crippen LogP contribution >= 0.6 is 0 Å². The number of hydrogen-bond donors (Lipinski definition) is 0. The van der Waals surface area contributed by atoms with Gasteiger partial charge in [-0.15, -0.1) is 0 Å². The van der Waals surface area contributed by atoms with Crippen molar-refractivity contribution in [3.8, 4) is 0 Å². The Hall–Kier alpha value is -1.37. The number of carbonyl (C=O) groups excluding carboxylic acids is 1.